The van der Waals surface area contributed by atoms with E-state index in [0.29, 0.717) is 4.57 Å². The molecule has 3 aromatic carbocycles. The summed E-state index contributed by atoms with van der Waals surface area (Å²) < 4.78 is 11.0. The molecule has 1 heterocycles. The minimum atomic E-state index is -1.28. The Morgan fingerprint density at radius 2 is 1.26 bits per heavy atom. The van der Waals surface area contributed by atoms with Crippen molar-refractivity contribution in [2.24, 2.45) is 0 Å². The van der Waals surface area contributed by atoms with Crippen molar-refractivity contribution in [3.8, 4) is 0 Å². The van der Waals surface area contributed by atoms with Crippen molar-refractivity contribution in [1.29, 1.82) is 0 Å². The predicted molar refractivity (Wildman–Crippen MR) is 144 cm³/mol. The number of hydrogen-bond acceptors (Lipinski definition) is 10. The first-order valence-electron chi connectivity index (χ1n) is 11.3. The van der Waals surface area contributed by atoms with Crippen molar-refractivity contribution in [2.75, 3.05) is 18.1 Å². The van der Waals surface area contributed by atoms with Crippen LogP contribution in [0.25, 0.3) is 32.3 Å². The monoisotopic (exact) mass is 517 g/mol. The highest BCUT2D eigenvalue weighted by molar-refractivity contribution is 6.20. The number of fused-ring (bicyclic) bond motifs is 3. The molecule has 11 nitrogen and oxygen atoms in total. The summed E-state index contributed by atoms with van der Waals surface area (Å²) in [5, 5.41) is -1.000. The van der Waals surface area contributed by atoms with Gasteiger partial charge >= 0.3 is 11.9 Å². The zero-order valence-corrected chi connectivity index (χ0v) is 20.6. The number of aromatic nitrogens is 1. The Morgan fingerprint density at radius 1 is 0.816 bits per heavy atom. The summed E-state index contributed by atoms with van der Waals surface area (Å²) >= 11 is 0. The molecule has 0 saturated heterocycles. The Labute approximate surface area is 213 Å². The van der Waals surface area contributed by atoms with Gasteiger partial charge in [-0.2, -0.15) is 0 Å². The number of anilines is 2. The fraction of sp³-hybridized carbons (Fsp3) is 0.185. The van der Waals surface area contributed by atoms with Crippen molar-refractivity contribution in [3.63, 3.8) is 0 Å². The number of carbonyl (C=O) groups excluding carboxylic acids is 2. The van der Waals surface area contributed by atoms with E-state index in [0.717, 1.165) is 0 Å². The molecule has 4 N–H and O–H groups in total. The molecular weight excluding hydrogens is 494 g/mol. The zero-order chi connectivity index (χ0) is 28.0. The lowest BCUT2D eigenvalue weighted by atomic mass is 9.97. The standard InChI is InChI=1S/C27H23N3O8/c1-11(2)26(35)37-10-13(38-27(36)12(3)4)9-30-24(33)18-19(25(30)34)21(29)17-16(20(18)28)22(31)14-7-5-6-8-15(14)23(17)32/h5-8,13H,1,3,9-10,28-29H2,2,4H3. The second kappa shape index (κ2) is 9.43. The van der Waals surface area contributed by atoms with Gasteiger partial charge in [-0.25, -0.2) is 9.59 Å². The van der Waals surface area contributed by atoms with E-state index in [9.17, 15) is 28.8 Å². The molecule has 0 aliphatic rings. The fourth-order valence-corrected chi connectivity index (χ4v) is 4.25. The van der Waals surface area contributed by atoms with Gasteiger partial charge in [0.1, 0.15) is 6.61 Å². The van der Waals surface area contributed by atoms with E-state index in [1.807, 2.05) is 0 Å². The summed E-state index contributed by atoms with van der Waals surface area (Å²) in [4.78, 5) is 77.3. The van der Waals surface area contributed by atoms with E-state index in [4.69, 9.17) is 20.9 Å². The molecule has 0 spiro atoms. The molecule has 1 unspecified atom stereocenters. The first-order valence-corrected chi connectivity index (χ1v) is 11.3. The summed E-state index contributed by atoms with van der Waals surface area (Å²) in [6.45, 7) is 8.70. The van der Waals surface area contributed by atoms with E-state index in [1.54, 1.807) is 12.1 Å². The topological polar surface area (TPSA) is 178 Å². The van der Waals surface area contributed by atoms with E-state index in [2.05, 4.69) is 13.2 Å². The van der Waals surface area contributed by atoms with Gasteiger partial charge in [0.15, 0.2) is 17.0 Å². The van der Waals surface area contributed by atoms with Crippen molar-refractivity contribution in [1.82, 2.24) is 4.57 Å². The van der Waals surface area contributed by atoms with Crippen molar-refractivity contribution >= 4 is 55.6 Å². The van der Waals surface area contributed by atoms with Crippen molar-refractivity contribution < 1.29 is 19.1 Å². The molecule has 4 aromatic rings. The quantitative estimate of drug-likeness (QED) is 0.118. The summed E-state index contributed by atoms with van der Waals surface area (Å²) in [6.07, 6.45) is -1.28. The molecule has 0 aliphatic heterocycles. The molecule has 0 fully saturated rings. The SMILES string of the molecule is C=C(C)C(=O)OCC(Cn1c(=O)c2c(N)c3c(=O)c4ccccc4c(=O)c3c(N)c2c1=O)OC(=O)C(=C)C. The second-order valence-corrected chi connectivity index (χ2v) is 8.94. The fourth-order valence-electron chi connectivity index (χ4n) is 4.25. The highest BCUT2D eigenvalue weighted by Crippen LogP contribution is 2.31. The average Bonchev–Trinajstić information content (AvgIpc) is 3.12. The first-order chi connectivity index (χ1) is 17.9. The number of benzene rings is 3. The molecule has 0 aliphatic carbocycles. The van der Waals surface area contributed by atoms with Crippen LogP contribution in [-0.4, -0.2) is 29.2 Å². The van der Waals surface area contributed by atoms with Gasteiger partial charge in [0.25, 0.3) is 11.1 Å². The van der Waals surface area contributed by atoms with Crippen LogP contribution in [0, 0.1) is 0 Å². The van der Waals surface area contributed by atoms with Gasteiger partial charge < -0.3 is 20.9 Å². The Bertz CT molecular complexity index is 1820. The van der Waals surface area contributed by atoms with Crippen LogP contribution >= 0.6 is 0 Å². The number of nitrogens with two attached hydrogens (primary N) is 2. The Hall–Kier alpha value is -5.06. The van der Waals surface area contributed by atoms with Crippen LogP contribution in [0.1, 0.15) is 13.8 Å². The Morgan fingerprint density at radius 3 is 1.68 bits per heavy atom. The average molecular weight is 517 g/mol. The minimum absolute atomic E-state index is 0.0290. The number of esters is 2. The summed E-state index contributed by atoms with van der Waals surface area (Å²) in [5.41, 5.74) is 8.79. The van der Waals surface area contributed by atoms with E-state index in [-0.39, 0.29) is 54.8 Å². The lowest BCUT2D eigenvalue weighted by Crippen LogP contribution is -2.36. The van der Waals surface area contributed by atoms with Crippen LogP contribution in [0.2, 0.25) is 0 Å². The maximum Gasteiger partial charge on any atom is 0.333 e. The number of carbonyl (C=O) groups is 2. The molecular formula is C27H23N3O8. The van der Waals surface area contributed by atoms with Crippen LogP contribution in [0.15, 0.2) is 67.7 Å². The third kappa shape index (κ3) is 4.03. The van der Waals surface area contributed by atoms with Gasteiger partial charge in [-0.1, -0.05) is 37.4 Å². The van der Waals surface area contributed by atoms with Gasteiger partial charge in [0.05, 0.1) is 39.5 Å². The molecule has 0 bridgehead atoms. The Kier molecular flexibility index (Phi) is 6.46. The highest BCUT2D eigenvalue weighted by Gasteiger charge is 2.28. The number of nitrogens with zero attached hydrogens (tertiary/aromatic N) is 1. The van der Waals surface area contributed by atoms with Gasteiger partial charge in [-0.3, -0.25) is 23.7 Å². The second-order valence-electron chi connectivity index (χ2n) is 8.94. The van der Waals surface area contributed by atoms with E-state index in [1.165, 1.54) is 26.0 Å². The molecule has 38 heavy (non-hydrogen) atoms. The number of ether oxygens (including phenoxy) is 2. The predicted octanol–water partition coefficient (Wildman–Crippen LogP) is 1.04. The molecule has 4 rings (SSSR count). The molecule has 0 saturated carbocycles. The summed E-state index contributed by atoms with van der Waals surface area (Å²) in [6, 6.07) is 6.05. The lowest BCUT2D eigenvalue weighted by Gasteiger charge is -2.18. The third-order valence-electron chi connectivity index (χ3n) is 6.12. The molecule has 11 heteroatoms. The lowest BCUT2D eigenvalue weighted by molar-refractivity contribution is -0.154. The molecule has 0 radical (unpaired) electrons. The van der Waals surface area contributed by atoms with Gasteiger partial charge in [0.2, 0.25) is 0 Å². The minimum Gasteiger partial charge on any atom is -0.458 e. The van der Waals surface area contributed by atoms with Crippen molar-refractivity contribution in [2.45, 2.75) is 26.5 Å². The van der Waals surface area contributed by atoms with Crippen LogP contribution < -0.4 is 33.4 Å². The van der Waals surface area contributed by atoms with Crippen LogP contribution in [0.5, 0.6) is 0 Å². The van der Waals surface area contributed by atoms with Crippen LogP contribution in [0.4, 0.5) is 11.4 Å². The first kappa shape index (κ1) is 26.0. The molecule has 1 atom stereocenters. The normalized spacial score (nSPS) is 12.1. The maximum absolute atomic E-state index is 13.4. The van der Waals surface area contributed by atoms with E-state index < -0.39 is 53.2 Å². The smallest absolute Gasteiger partial charge is 0.333 e. The molecule has 1 aromatic heterocycles. The number of nitrogen functional groups attached to an aromatic ring is 2. The largest absolute Gasteiger partial charge is 0.458 e. The third-order valence-corrected chi connectivity index (χ3v) is 6.12. The number of hydrogen-bond donors (Lipinski definition) is 2. The van der Waals surface area contributed by atoms with Crippen LogP contribution in [-0.2, 0) is 25.6 Å². The number of rotatable bonds is 7. The Balaban J connectivity index is 1.96. The molecule has 194 valence electrons. The van der Waals surface area contributed by atoms with Gasteiger partial charge in [0, 0.05) is 21.9 Å². The maximum atomic E-state index is 13.4. The highest BCUT2D eigenvalue weighted by atomic mass is 16.6. The van der Waals surface area contributed by atoms with Gasteiger partial charge in [-0.15, -0.1) is 0 Å². The van der Waals surface area contributed by atoms with Crippen molar-refractivity contribution in [3.05, 3.63) is 89.7 Å². The molecule has 0 amide bonds. The van der Waals surface area contributed by atoms with Crippen LogP contribution in [0.3, 0.4) is 0 Å². The summed E-state index contributed by atoms with van der Waals surface area (Å²) in [7, 11) is 0. The van der Waals surface area contributed by atoms with Gasteiger partial charge in [-0.05, 0) is 13.8 Å². The van der Waals surface area contributed by atoms with E-state index >= 15 is 0 Å². The summed E-state index contributed by atoms with van der Waals surface area (Å²) in [5.74, 6) is -1.62. The zero-order valence-electron chi connectivity index (χ0n) is 20.6.